The van der Waals surface area contributed by atoms with E-state index < -0.39 is 0 Å². The summed E-state index contributed by atoms with van der Waals surface area (Å²) in [4.78, 5) is 4.65. The van der Waals surface area contributed by atoms with Crippen LogP contribution in [0, 0.1) is 13.8 Å². The van der Waals surface area contributed by atoms with Crippen molar-refractivity contribution in [1.82, 2.24) is 4.98 Å². The molecule has 90 valence electrons. The van der Waals surface area contributed by atoms with Gasteiger partial charge in [-0.15, -0.1) is 0 Å². The minimum atomic E-state index is 0.940. The van der Waals surface area contributed by atoms with Crippen LogP contribution in [0.25, 0.3) is 10.9 Å². The Balaban J connectivity index is 2.74. The second kappa shape index (κ2) is 4.74. The fourth-order valence-corrected chi connectivity index (χ4v) is 2.15. The number of fused-ring (bicyclic) bond motifs is 1. The molecule has 1 aromatic heterocycles. The first-order valence-corrected chi connectivity index (χ1v) is 6.31. The van der Waals surface area contributed by atoms with Crippen molar-refractivity contribution in [1.29, 1.82) is 0 Å². The molecule has 0 bridgehead atoms. The maximum absolute atomic E-state index is 4.65. The van der Waals surface area contributed by atoms with Crippen molar-refractivity contribution in [3.05, 3.63) is 35.0 Å². The second-order valence-corrected chi connectivity index (χ2v) is 4.43. The van der Waals surface area contributed by atoms with Crippen LogP contribution in [0.4, 0.5) is 5.69 Å². The second-order valence-electron chi connectivity index (χ2n) is 4.43. The van der Waals surface area contributed by atoms with E-state index in [4.69, 9.17) is 0 Å². The molecular weight excluding hydrogens is 208 g/mol. The van der Waals surface area contributed by atoms with E-state index in [0.717, 1.165) is 24.2 Å². The minimum Gasteiger partial charge on any atom is -0.385 e. The monoisotopic (exact) mass is 228 g/mol. The lowest BCUT2D eigenvalue weighted by Crippen LogP contribution is -2.03. The molecule has 0 spiro atoms. The Labute approximate surface area is 103 Å². The van der Waals surface area contributed by atoms with Crippen molar-refractivity contribution in [2.45, 2.75) is 34.1 Å². The largest absolute Gasteiger partial charge is 0.385 e. The predicted octanol–water partition coefficient (Wildman–Crippen LogP) is 3.85. The van der Waals surface area contributed by atoms with Gasteiger partial charge in [-0.1, -0.05) is 13.0 Å². The zero-order valence-corrected chi connectivity index (χ0v) is 11.1. The summed E-state index contributed by atoms with van der Waals surface area (Å²) < 4.78 is 0. The van der Waals surface area contributed by atoms with Gasteiger partial charge in [0.2, 0.25) is 0 Å². The average Bonchev–Trinajstić information content (AvgIpc) is 2.34. The molecule has 0 radical (unpaired) electrons. The first-order chi connectivity index (χ1) is 8.17. The molecule has 1 N–H and O–H groups in total. The lowest BCUT2D eigenvalue weighted by atomic mass is 10.0. The van der Waals surface area contributed by atoms with Crippen LogP contribution in [0.15, 0.2) is 18.2 Å². The van der Waals surface area contributed by atoms with Crippen molar-refractivity contribution in [3.63, 3.8) is 0 Å². The van der Waals surface area contributed by atoms with Gasteiger partial charge in [-0.25, -0.2) is 0 Å². The SMILES string of the molecule is CCNc1c(C)c(C)nc2ccc(CC)cc12. The number of nitrogens with zero attached hydrogens (tertiary/aromatic N) is 1. The van der Waals surface area contributed by atoms with Crippen LogP contribution < -0.4 is 5.32 Å². The number of hydrogen-bond donors (Lipinski definition) is 1. The maximum Gasteiger partial charge on any atom is 0.0726 e. The van der Waals surface area contributed by atoms with Gasteiger partial charge in [-0.05, 0) is 50.5 Å². The van der Waals surface area contributed by atoms with Gasteiger partial charge in [0.15, 0.2) is 0 Å². The van der Waals surface area contributed by atoms with Gasteiger partial charge in [-0.3, -0.25) is 4.98 Å². The van der Waals surface area contributed by atoms with Crippen molar-refractivity contribution in [2.24, 2.45) is 0 Å². The van der Waals surface area contributed by atoms with Crippen molar-refractivity contribution < 1.29 is 0 Å². The van der Waals surface area contributed by atoms with E-state index >= 15 is 0 Å². The predicted molar refractivity (Wildman–Crippen MR) is 74.8 cm³/mol. The lowest BCUT2D eigenvalue weighted by molar-refractivity contribution is 1.13. The van der Waals surface area contributed by atoms with E-state index in [2.05, 4.69) is 56.2 Å². The van der Waals surface area contributed by atoms with Crippen molar-refractivity contribution in [3.8, 4) is 0 Å². The summed E-state index contributed by atoms with van der Waals surface area (Å²) in [7, 11) is 0. The third-order valence-electron chi connectivity index (χ3n) is 3.30. The normalized spacial score (nSPS) is 10.8. The zero-order valence-electron chi connectivity index (χ0n) is 11.1. The first-order valence-electron chi connectivity index (χ1n) is 6.31. The number of aromatic nitrogens is 1. The molecule has 1 aromatic carbocycles. The van der Waals surface area contributed by atoms with Crippen LogP contribution in [-0.2, 0) is 6.42 Å². The number of hydrogen-bond acceptors (Lipinski definition) is 2. The highest BCUT2D eigenvalue weighted by Gasteiger charge is 2.08. The van der Waals surface area contributed by atoms with Crippen LogP contribution in [0.2, 0.25) is 0 Å². The lowest BCUT2D eigenvalue weighted by Gasteiger charge is -2.14. The van der Waals surface area contributed by atoms with E-state index in [0.29, 0.717) is 0 Å². The third kappa shape index (κ3) is 2.12. The van der Waals surface area contributed by atoms with Crippen LogP contribution in [0.1, 0.15) is 30.7 Å². The standard InChI is InChI=1S/C15H20N2/c1-5-12-7-8-14-13(9-12)15(16-6-2)10(3)11(4)17-14/h7-9H,5-6H2,1-4H3,(H,16,17). The number of anilines is 1. The highest BCUT2D eigenvalue weighted by molar-refractivity contribution is 5.93. The van der Waals surface area contributed by atoms with Gasteiger partial charge in [-0.2, -0.15) is 0 Å². The molecule has 0 aliphatic carbocycles. The fourth-order valence-electron chi connectivity index (χ4n) is 2.15. The molecule has 0 aliphatic rings. The summed E-state index contributed by atoms with van der Waals surface area (Å²) in [6.07, 6.45) is 1.06. The smallest absolute Gasteiger partial charge is 0.0726 e. The molecule has 0 saturated carbocycles. The highest BCUT2D eigenvalue weighted by Crippen LogP contribution is 2.28. The van der Waals surface area contributed by atoms with Crippen LogP contribution >= 0.6 is 0 Å². The molecule has 0 atom stereocenters. The van der Waals surface area contributed by atoms with Gasteiger partial charge >= 0.3 is 0 Å². The molecule has 0 unspecified atom stereocenters. The van der Waals surface area contributed by atoms with Crippen molar-refractivity contribution >= 4 is 16.6 Å². The maximum atomic E-state index is 4.65. The molecule has 2 heteroatoms. The third-order valence-corrected chi connectivity index (χ3v) is 3.30. The van der Waals surface area contributed by atoms with Gasteiger partial charge in [0, 0.05) is 23.3 Å². The summed E-state index contributed by atoms with van der Waals surface area (Å²) in [5.74, 6) is 0. The quantitative estimate of drug-likeness (QED) is 0.863. The molecule has 0 fully saturated rings. The Kier molecular flexibility index (Phi) is 3.32. The Morgan fingerprint density at radius 3 is 2.59 bits per heavy atom. The van der Waals surface area contributed by atoms with Gasteiger partial charge in [0.05, 0.1) is 5.52 Å². The number of benzene rings is 1. The molecular formula is C15H20N2. The highest BCUT2D eigenvalue weighted by atomic mass is 14.9. The van der Waals surface area contributed by atoms with Crippen molar-refractivity contribution in [2.75, 3.05) is 11.9 Å². The molecule has 17 heavy (non-hydrogen) atoms. The van der Waals surface area contributed by atoms with Crippen LogP contribution in [-0.4, -0.2) is 11.5 Å². The topological polar surface area (TPSA) is 24.9 Å². The molecule has 2 aromatic rings. The molecule has 0 saturated heterocycles. The molecule has 1 heterocycles. The van der Waals surface area contributed by atoms with Gasteiger partial charge in [0.1, 0.15) is 0 Å². The number of rotatable bonds is 3. The zero-order chi connectivity index (χ0) is 12.4. The van der Waals surface area contributed by atoms with E-state index in [1.807, 2.05) is 0 Å². The Hall–Kier alpha value is -1.57. The summed E-state index contributed by atoms with van der Waals surface area (Å²) in [5.41, 5.74) is 6.05. The van der Waals surface area contributed by atoms with Crippen LogP contribution in [0.3, 0.4) is 0 Å². The van der Waals surface area contributed by atoms with Gasteiger partial charge < -0.3 is 5.32 Å². The molecule has 0 amide bonds. The number of pyridine rings is 1. The molecule has 2 rings (SSSR count). The summed E-state index contributed by atoms with van der Waals surface area (Å²) in [5, 5.41) is 4.72. The summed E-state index contributed by atoms with van der Waals surface area (Å²) in [6.45, 7) is 9.46. The van der Waals surface area contributed by atoms with E-state index in [1.54, 1.807) is 0 Å². The number of aryl methyl sites for hydroxylation is 2. The Bertz CT molecular complexity index is 544. The van der Waals surface area contributed by atoms with Gasteiger partial charge in [0.25, 0.3) is 0 Å². The summed E-state index contributed by atoms with van der Waals surface area (Å²) >= 11 is 0. The molecule has 0 aliphatic heterocycles. The van der Waals surface area contributed by atoms with E-state index in [9.17, 15) is 0 Å². The Morgan fingerprint density at radius 1 is 1.18 bits per heavy atom. The minimum absolute atomic E-state index is 0.940. The van der Waals surface area contributed by atoms with E-state index in [-0.39, 0.29) is 0 Å². The Morgan fingerprint density at radius 2 is 1.94 bits per heavy atom. The first kappa shape index (κ1) is 11.9. The average molecular weight is 228 g/mol. The van der Waals surface area contributed by atoms with Crippen LogP contribution in [0.5, 0.6) is 0 Å². The van der Waals surface area contributed by atoms with E-state index in [1.165, 1.54) is 22.2 Å². The fraction of sp³-hybridized carbons (Fsp3) is 0.400. The summed E-state index contributed by atoms with van der Waals surface area (Å²) in [6, 6.07) is 6.55. The number of nitrogens with one attached hydrogen (secondary N) is 1. The molecule has 2 nitrogen and oxygen atoms in total.